The van der Waals surface area contributed by atoms with E-state index >= 15 is 0 Å². The van der Waals surface area contributed by atoms with Crippen molar-refractivity contribution < 1.29 is 4.39 Å². The third kappa shape index (κ3) is 3.37. The minimum Gasteiger partial charge on any atom is -0.312 e. The third-order valence-electron chi connectivity index (χ3n) is 2.44. The quantitative estimate of drug-likeness (QED) is 0.831. The van der Waals surface area contributed by atoms with Crippen molar-refractivity contribution in [1.29, 1.82) is 0 Å². The first-order valence-electron chi connectivity index (χ1n) is 5.81. The Labute approximate surface area is 118 Å². The van der Waals surface area contributed by atoms with Gasteiger partial charge in [0, 0.05) is 27.7 Å². The van der Waals surface area contributed by atoms with Crippen molar-refractivity contribution in [1.82, 2.24) is 10.3 Å². The summed E-state index contributed by atoms with van der Waals surface area (Å²) in [6.45, 7) is 3.98. The molecule has 0 saturated heterocycles. The van der Waals surface area contributed by atoms with E-state index in [4.69, 9.17) is 0 Å². The highest BCUT2D eigenvalue weighted by atomic mass is 79.9. The minimum atomic E-state index is -0.244. The zero-order valence-corrected chi connectivity index (χ0v) is 12.4. The van der Waals surface area contributed by atoms with E-state index in [1.54, 1.807) is 17.4 Å². The van der Waals surface area contributed by atoms with Crippen LogP contribution in [-0.4, -0.2) is 11.5 Å². The summed E-state index contributed by atoms with van der Waals surface area (Å²) < 4.78 is 13.8. The summed E-state index contributed by atoms with van der Waals surface area (Å²) >= 11 is 5.00. The lowest BCUT2D eigenvalue weighted by molar-refractivity contribution is 0.627. The van der Waals surface area contributed by atoms with Gasteiger partial charge < -0.3 is 5.32 Å². The van der Waals surface area contributed by atoms with Gasteiger partial charge in [0.05, 0.1) is 0 Å². The van der Waals surface area contributed by atoms with Gasteiger partial charge in [-0.1, -0.05) is 6.92 Å². The molecule has 0 saturated carbocycles. The lowest BCUT2D eigenvalue weighted by atomic mass is 10.2. The Morgan fingerprint density at radius 2 is 2.28 bits per heavy atom. The van der Waals surface area contributed by atoms with Crippen molar-refractivity contribution in [3.63, 3.8) is 0 Å². The summed E-state index contributed by atoms with van der Waals surface area (Å²) in [5, 5.41) is 4.25. The molecule has 1 N–H and O–H groups in total. The highest BCUT2D eigenvalue weighted by molar-refractivity contribution is 9.10. The Morgan fingerprint density at radius 3 is 3.00 bits per heavy atom. The normalized spacial score (nSPS) is 10.8. The number of rotatable bonds is 5. The van der Waals surface area contributed by atoms with Crippen LogP contribution in [0.1, 0.15) is 18.2 Å². The minimum absolute atomic E-state index is 0.244. The van der Waals surface area contributed by atoms with Crippen LogP contribution in [0.5, 0.6) is 0 Å². The van der Waals surface area contributed by atoms with Crippen LogP contribution in [0.15, 0.2) is 28.9 Å². The zero-order chi connectivity index (χ0) is 13.0. The van der Waals surface area contributed by atoms with Gasteiger partial charge in [-0.3, -0.25) is 0 Å². The van der Waals surface area contributed by atoms with Gasteiger partial charge in [0.15, 0.2) is 0 Å². The van der Waals surface area contributed by atoms with Crippen LogP contribution in [0.2, 0.25) is 0 Å². The van der Waals surface area contributed by atoms with Crippen molar-refractivity contribution in [3.05, 3.63) is 39.6 Å². The maximum atomic E-state index is 13.0. The van der Waals surface area contributed by atoms with Crippen LogP contribution in [0, 0.1) is 5.82 Å². The number of hydrogen-bond donors (Lipinski definition) is 1. The Kier molecular flexibility index (Phi) is 4.86. The van der Waals surface area contributed by atoms with Gasteiger partial charge >= 0.3 is 0 Å². The standard InChI is InChI=1S/C13H14BrFN2S/c1-2-5-16-7-10-8-17-13(18-10)11-4-3-9(15)6-12(11)14/h3-4,6,8,16H,2,5,7H2,1H3. The summed E-state index contributed by atoms with van der Waals surface area (Å²) in [4.78, 5) is 5.57. The summed E-state index contributed by atoms with van der Waals surface area (Å²) in [7, 11) is 0. The summed E-state index contributed by atoms with van der Waals surface area (Å²) in [6, 6.07) is 4.67. The van der Waals surface area contributed by atoms with Crippen LogP contribution in [-0.2, 0) is 6.54 Å². The molecule has 1 aromatic carbocycles. The molecule has 1 aromatic heterocycles. The Hall–Kier alpha value is -0.780. The molecule has 0 bridgehead atoms. The lowest BCUT2D eigenvalue weighted by Crippen LogP contribution is -2.12. The average molecular weight is 329 g/mol. The highest BCUT2D eigenvalue weighted by Gasteiger charge is 2.08. The first kappa shape index (κ1) is 13.6. The summed E-state index contributed by atoms with van der Waals surface area (Å²) in [6.07, 6.45) is 2.99. The number of thiazole rings is 1. The number of nitrogens with one attached hydrogen (secondary N) is 1. The molecule has 5 heteroatoms. The summed E-state index contributed by atoms with van der Waals surface area (Å²) in [5.41, 5.74) is 0.933. The maximum Gasteiger partial charge on any atom is 0.124 e. The van der Waals surface area contributed by atoms with Crippen molar-refractivity contribution in [2.45, 2.75) is 19.9 Å². The van der Waals surface area contributed by atoms with Crippen LogP contribution >= 0.6 is 27.3 Å². The molecule has 96 valence electrons. The first-order chi connectivity index (χ1) is 8.70. The molecule has 2 nitrogen and oxygen atoms in total. The van der Waals surface area contributed by atoms with Gasteiger partial charge in [0.2, 0.25) is 0 Å². The number of halogens is 2. The molecular formula is C13H14BrFN2S. The van der Waals surface area contributed by atoms with Crippen molar-refractivity contribution in [2.75, 3.05) is 6.54 Å². The average Bonchev–Trinajstić information content (AvgIpc) is 2.78. The third-order valence-corrected chi connectivity index (χ3v) is 4.13. The second kappa shape index (κ2) is 6.41. The van der Waals surface area contributed by atoms with E-state index in [1.807, 2.05) is 6.20 Å². The molecule has 18 heavy (non-hydrogen) atoms. The zero-order valence-electron chi connectivity index (χ0n) is 10.0. The number of aromatic nitrogens is 1. The molecule has 0 aliphatic carbocycles. The molecule has 0 unspecified atom stereocenters. The van der Waals surface area contributed by atoms with E-state index < -0.39 is 0 Å². The van der Waals surface area contributed by atoms with Gasteiger partial charge in [-0.25, -0.2) is 9.37 Å². The SMILES string of the molecule is CCCNCc1cnc(-c2ccc(F)cc2Br)s1. The molecule has 0 aliphatic heterocycles. The van der Waals surface area contributed by atoms with Crippen molar-refractivity contribution in [3.8, 4) is 10.6 Å². The van der Waals surface area contributed by atoms with E-state index in [-0.39, 0.29) is 5.82 Å². The fourth-order valence-corrected chi connectivity index (χ4v) is 3.16. The van der Waals surface area contributed by atoms with Gasteiger partial charge in [-0.05, 0) is 47.1 Å². The van der Waals surface area contributed by atoms with Gasteiger partial charge in [0.1, 0.15) is 10.8 Å². The number of nitrogens with zero attached hydrogens (tertiary/aromatic N) is 1. The van der Waals surface area contributed by atoms with Crippen LogP contribution in [0.3, 0.4) is 0 Å². The van der Waals surface area contributed by atoms with Crippen molar-refractivity contribution >= 4 is 27.3 Å². The second-order valence-electron chi connectivity index (χ2n) is 3.93. The van der Waals surface area contributed by atoms with Crippen LogP contribution in [0.25, 0.3) is 10.6 Å². The molecule has 0 fully saturated rings. The molecule has 2 rings (SSSR count). The fourth-order valence-electron chi connectivity index (χ4n) is 1.57. The maximum absolute atomic E-state index is 13.0. The van der Waals surface area contributed by atoms with Gasteiger partial charge in [0.25, 0.3) is 0 Å². The molecule has 0 spiro atoms. The first-order valence-corrected chi connectivity index (χ1v) is 7.42. The molecule has 0 radical (unpaired) electrons. The predicted octanol–water partition coefficient (Wildman–Crippen LogP) is 4.21. The van der Waals surface area contributed by atoms with E-state index in [9.17, 15) is 4.39 Å². The molecule has 2 aromatic rings. The molecule has 0 aliphatic rings. The topological polar surface area (TPSA) is 24.9 Å². The summed E-state index contributed by atoms with van der Waals surface area (Å²) in [5.74, 6) is -0.244. The Morgan fingerprint density at radius 1 is 1.44 bits per heavy atom. The lowest BCUT2D eigenvalue weighted by Gasteiger charge is -2.00. The second-order valence-corrected chi connectivity index (χ2v) is 5.90. The molecule has 0 atom stereocenters. The highest BCUT2D eigenvalue weighted by Crippen LogP contribution is 2.31. The van der Waals surface area contributed by atoms with Crippen LogP contribution < -0.4 is 5.32 Å². The van der Waals surface area contributed by atoms with E-state index in [0.29, 0.717) is 0 Å². The van der Waals surface area contributed by atoms with E-state index in [0.717, 1.165) is 34.6 Å². The fraction of sp³-hybridized carbons (Fsp3) is 0.308. The number of hydrogen-bond acceptors (Lipinski definition) is 3. The van der Waals surface area contributed by atoms with E-state index in [2.05, 4.69) is 33.2 Å². The molecule has 0 amide bonds. The smallest absolute Gasteiger partial charge is 0.124 e. The molecular weight excluding hydrogens is 315 g/mol. The van der Waals surface area contributed by atoms with E-state index in [1.165, 1.54) is 17.0 Å². The Bertz CT molecular complexity index is 527. The largest absolute Gasteiger partial charge is 0.312 e. The van der Waals surface area contributed by atoms with Crippen LogP contribution in [0.4, 0.5) is 4.39 Å². The predicted molar refractivity (Wildman–Crippen MR) is 77.2 cm³/mol. The van der Waals surface area contributed by atoms with Gasteiger partial charge in [-0.2, -0.15) is 0 Å². The Balaban J connectivity index is 2.13. The molecule has 1 heterocycles. The van der Waals surface area contributed by atoms with Crippen molar-refractivity contribution in [2.24, 2.45) is 0 Å². The number of benzene rings is 1. The van der Waals surface area contributed by atoms with Gasteiger partial charge in [-0.15, -0.1) is 11.3 Å². The monoisotopic (exact) mass is 328 g/mol.